The molecule has 9 nitrogen and oxygen atoms in total. The second kappa shape index (κ2) is 10.7. The van der Waals surface area contributed by atoms with Gasteiger partial charge in [0.1, 0.15) is 29.1 Å². The lowest BCUT2D eigenvalue weighted by atomic mass is 9.84. The Balaban J connectivity index is 1.53. The predicted molar refractivity (Wildman–Crippen MR) is 159 cm³/mol. The summed E-state index contributed by atoms with van der Waals surface area (Å²) in [5.41, 5.74) is 1.57. The molecule has 2 aliphatic rings. The average molecular weight is 566 g/mol. The fourth-order valence-corrected chi connectivity index (χ4v) is 5.70. The van der Waals surface area contributed by atoms with Gasteiger partial charge >= 0.3 is 5.97 Å². The van der Waals surface area contributed by atoms with E-state index in [4.69, 9.17) is 19.4 Å². The van der Waals surface area contributed by atoms with Gasteiger partial charge < -0.3 is 20.1 Å². The van der Waals surface area contributed by atoms with Crippen LogP contribution in [0.1, 0.15) is 88.5 Å². The summed E-state index contributed by atoms with van der Waals surface area (Å²) in [6.45, 7) is 15.4. The topological polar surface area (TPSA) is 114 Å². The number of pyridine rings is 2. The van der Waals surface area contributed by atoms with Crippen molar-refractivity contribution in [1.82, 2.24) is 20.0 Å². The van der Waals surface area contributed by atoms with Crippen molar-refractivity contribution in [2.75, 3.05) is 18.4 Å². The highest BCUT2D eigenvalue weighted by Crippen LogP contribution is 2.39. The van der Waals surface area contributed by atoms with Gasteiger partial charge in [0, 0.05) is 36.6 Å². The summed E-state index contributed by atoms with van der Waals surface area (Å²) in [6.07, 6.45) is 2.69. The molecule has 1 fully saturated rings. The Kier molecular flexibility index (Phi) is 7.62. The fourth-order valence-electron chi connectivity index (χ4n) is 4.80. The zero-order valence-electron chi connectivity index (χ0n) is 24.3. The number of cyclic esters (lactones) is 1. The van der Waals surface area contributed by atoms with Crippen LogP contribution in [-0.2, 0) is 15.7 Å². The van der Waals surface area contributed by atoms with Crippen LogP contribution in [0.25, 0.3) is 10.8 Å². The quantitative estimate of drug-likeness (QED) is 0.316. The first-order valence-corrected chi connectivity index (χ1v) is 15.0. The average Bonchev–Trinajstić information content (AvgIpc) is 2.87. The predicted octanol–water partition coefficient (Wildman–Crippen LogP) is 5.28. The lowest BCUT2D eigenvalue weighted by molar-refractivity contribution is -0.0189. The van der Waals surface area contributed by atoms with Crippen molar-refractivity contribution in [1.29, 1.82) is 0 Å². The lowest BCUT2D eigenvalue weighted by Crippen LogP contribution is -2.50. The largest absolute Gasteiger partial charge is 0.487 e. The molecule has 2 aliphatic heterocycles. The van der Waals surface area contributed by atoms with Gasteiger partial charge in [-0.15, -0.1) is 0 Å². The number of esters is 1. The Hall–Kier alpha value is -3.08. The number of rotatable bonds is 8. The first-order chi connectivity index (χ1) is 18.9. The van der Waals surface area contributed by atoms with Crippen molar-refractivity contribution in [2.45, 2.75) is 83.3 Å². The standard InChI is InChI=1S/C30H39N5O4S/c1-8-23(35-40(37)29(3,4)5)19-9-11-24(38-18-14-31-15-18)22-16-32-26(13-21(19)22)33-25-12-10-20-27(34-25)17(2)30(6,7)39-28(20)36/h9-13,16-18,23,31,35H,8,14-15H2,1-7H3,(H,32,33,34)/t17-,23?,40+/m1/s1. The molecule has 1 aromatic carbocycles. The number of aromatic nitrogens is 2. The van der Waals surface area contributed by atoms with Crippen LogP contribution in [-0.4, -0.2) is 49.7 Å². The van der Waals surface area contributed by atoms with E-state index in [1.165, 1.54) is 0 Å². The molecule has 0 amide bonds. The number of anilines is 2. The number of nitrogens with zero attached hydrogens (tertiary/aromatic N) is 2. The minimum Gasteiger partial charge on any atom is -0.487 e. The van der Waals surface area contributed by atoms with Crippen molar-refractivity contribution < 1.29 is 18.5 Å². The van der Waals surface area contributed by atoms with Crippen LogP contribution in [0.15, 0.2) is 36.5 Å². The first-order valence-electron chi connectivity index (χ1n) is 13.9. The summed E-state index contributed by atoms with van der Waals surface area (Å²) in [5.74, 6) is 1.55. The fraction of sp³-hybridized carbons (Fsp3) is 0.500. The van der Waals surface area contributed by atoms with Crippen LogP contribution in [0.3, 0.4) is 0 Å². The lowest BCUT2D eigenvalue weighted by Gasteiger charge is -2.36. The van der Waals surface area contributed by atoms with Crippen LogP contribution >= 0.6 is 0 Å². The number of benzene rings is 1. The highest BCUT2D eigenvalue weighted by Gasteiger charge is 2.40. The van der Waals surface area contributed by atoms with E-state index >= 15 is 0 Å². The second-order valence-corrected chi connectivity index (χ2v) is 14.1. The van der Waals surface area contributed by atoms with E-state index in [9.17, 15) is 9.00 Å². The molecule has 3 N–H and O–H groups in total. The van der Waals surface area contributed by atoms with Gasteiger partial charge in [0.2, 0.25) is 0 Å². The Morgan fingerprint density at radius 2 is 1.93 bits per heavy atom. The van der Waals surface area contributed by atoms with Gasteiger partial charge in [-0.2, -0.15) is 0 Å². The molecule has 1 unspecified atom stereocenters. The molecule has 0 bridgehead atoms. The summed E-state index contributed by atoms with van der Waals surface area (Å²) in [6, 6.07) is 9.42. The van der Waals surface area contributed by atoms with E-state index in [0.717, 1.165) is 41.6 Å². The number of hydrogen-bond acceptors (Lipinski definition) is 8. The normalized spacial score (nSPS) is 20.3. The molecule has 10 heteroatoms. The van der Waals surface area contributed by atoms with Crippen LogP contribution in [0.5, 0.6) is 5.75 Å². The van der Waals surface area contributed by atoms with Crippen molar-refractivity contribution in [2.24, 2.45) is 0 Å². The maximum atomic E-state index is 13.0. The minimum atomic E-state index is -1.24. The van der Waals surface area contributed by atoms with Crippen molar-refractivity contribution in [3.63, 3.8) is 0 Å². The van der Waals surface area contributed by atoms with E-state index < -0.39 is 21.3 Å². The molecule has 5 rings (SSSR count). The molecule has 3 atom stereocenters. The van der Waals surface area contributed by atoms with E-state index in [0.29, 0.717) is 22.9 Å². The van der Waals surface area contributed by atoms with Crippen LogP contribution < -0.4 is 20.1 Å². The third-order valence-electron chi connectivity index (χ3n) is 7.73. The Morgan fingerprint density at radius 3 is 2.58 bits per heavy atom. The summed E-state index contributed by atoms with van der Waals surface area (Å²) in [7, 11) is -1.24. The second-order valence-electron chi connectivity index (χ2n) is 12.1. The summed E-state index contributed by atoms with van der Waals surface area (Å²) < 4.78 is 27.9. The molecular weight excluding hydrogens is 526 g/mol. The third kappa shape index (κ3) is 5.57. The summed E-state index contributed by atoms with van der Waals surface area (Å²) >= 11 is 0. The zero-order valence-corrected chi connectivity index (χ0v) is 25.1. The van der Waals surface area contributed by atoms with E-state index in [1.54, 1.807) is 12.1 Å². The van der Waals surface area contributed by atoms with Crippen LogP contribution in [0, 0.1) is 0 Å². The molecule has 3 aromatic rings. The first kappa shape index (κ1) is 28.4. The molecule has 0 aliphatic carbocycles. The van der Waals surface area contributed by atoms with Gasteiger partial charge in [0.15, 0.2) is 0 Å². The van der Waals surface area contributed by atoms with Crippen molar-refractivity contribution in [3.8, 4) is 5.75 Å². The van der Waals surface area contributed by atoms with Crippen molar-refractivity contribution in [3.05, 3.63) is 53.3 Å². The number of nitrogens with one attached hydrogen (secondary N) is 3. The zero-order chi connectivity index (χ0) is 28.8. The molecule has 0 spiro atoms. The Bertz CT molecular complexity index is 1460. The van der Waals surface area contributed by atoms with Crippen molar-refractivity contribution >= 4 is 39.4 Å². The van der Waals surface area contributed by atoms with Gasteiger partial charge in [-0.3, -0.25) is 0 Å². The number of hydrogen-bond donors (Lipinski definition) is 3. The molecule has 4 heterocycles. The minimum absolute atomic E-state index is 0.0705. The van der Waals surface area contributed by atoms with Gasteiger partial charge in [0.05, 0.1) is 27.0 Å². The van der Waals surface area contributed by atoms with Gasteiger partial charge in [-0.1, -0.05) is 19.9 Å². The molecule has 1 saturated heterocycles. The van der Waals surface area contributed by atoms with Crippen LogP contribution in [0.4, 0.5) is 11.6 Å². The highest BCUT2D eigenvalue weighted by molar-refractivity contribution is 7.84. The van der Waals surface area contributed by atoms with Gasteiger partial charge in [-0.25, -0.2) is 23.7 Å². The summed E-state index contributed by atoms with van der Waals surface area (Å²) in [4.78, 5) is 22.0. The van der Waals surface area contributed by atoms with E-state index in [1.807, 2.05) is 59.9 Å². The smallest absolute Gasteiger partial charge is 0.340 e. The highest BCUT2D eigenvalue weighted by atomic mass is 32.2. The van der Waals surface area contributed by atoms with E-state index in [-0.39, 0.29) is 24.0 Å². The molecular formula is C30H39N5O4S. The van der Waals surface area contributed by atoms with Gasteiger partial charge in [-0.05, 0) is 76.3 Å². The molecule has 2 aromatic heterocycles. The number of carbonyl (C=O) groups is 1. The number of fused-ring (bicyclic) bond motifs is 2. The molecule has 40 heavy (non-hydrogen) atoms. The molecule has 214 valence electrons. The molecule has 0 saturated carbocycles. The van der Waals surface area contributed by atoms with Gasteiger partial charge in [0.25, 0.3) is 0 Å². The monoisotopic (exact) mass is 565 g/mol. The Morgan fingerprint density at radius 1 is 1.18 bits per heavy atom. The maximum Gasteiger partial charge on any atom is 0.340 e. The molecule has 0 radical (unpaired) electrons. The number of carbonyl (C=O) groups excluding carboxylic acids is 1. The SMILES string of the molecule is CCC(N[S@@](=O)C(C)(C)C)c1ccc(OC2CNC2)c2cnc(Nc3ccc4c(n3)[C@@H](C)C(C)(C)OC4=O)cc12. The Labute approximate surface area is 238 Å². The third-order valence-corrected chi connectivity index (χ3v) is 9.34. The van der Waals surface area contributed by atoms with Crippen LogP contribution in [0.2, 0.25) is 0 Å². The maximum absolute atomic E-state index is 13.0. The summed E-state index contributed by atoms with van der Waals surface area (Å²) in [5, 5.41) is 8.44. The number of ether oxygens (including phenoxy) is 2. The van der Waals surface area contributed by atoms with E-state index in [2.05, 4.69) is 28.3 Å².